The van der Waals surface area contributed by atoms with Crippen molar-refractivity contribution in [3.63, 3.8) is 0 Å². The van der Waals surface area contributed by atoms with Crippen LogP contribution in [0.15, 0.2) is 48.5 Å². The normalized spacial score (nSPS) is 10.6. The van der Waals surface area contributed by atoms with Crippen molar-refractivity contribution < 1.29 is 14.7 Å². The van der Waals surface area contributed by atoms with Crippen molar-refractivity contribution in [3.8, 4) is 11.3 Å². The zero-order chi connectivity index (χ0) is 20.4. The Bertz CT molecular complexity index is 1090. The second kappa shape index (κ2) is 7.64. The number of carbonyl (C=O) groups excluding carboxylic acids is 1. The molecule has 3 aromatic rings. The smallest absolute Gasteiger partial charge is 0.336 e. The van der Waals surface area contributed by atoms with Gasteiger partial charge in [-0.2, -0.15) is 0 Å². The van der Waals surface area contributed by atoms with Gasteiger partial charge in [0.05, 0.1) is 11.3 Å². The molecule has 1 heterocycles. The van der Waals surface area contributed by atoms with Gasteiger partial charge in [0.15, 0.2) is 0 Å². The molecule has 28 heavy (non-hydrogen) atoms. The molecule has 0 saturated carbocycles. The molecule has 3 rings (SSSR count). The number of aromatic nitrogens is 1. The lowest BCUT2D eigenvalue weighted by Crippen LogP contribution is -2.18. The van der Waals surface area contributed by atoms with E-state index in [4.69, 9.17) is 0 Å². The van der Waals surface area contributed by atoms with E-state index < -0.39 is 5.97 Å². The highest BCUT2D eigenvalue weighted by Crippen LogP contribution is 2.25. The summed E-state index contributed by atoms with van der Waals surface area (Å²) in [7, 11) is 0. The first-order valence-corrected chi connectivity index (χ1v) is 8.97. The fourth-order valence-corrected chi connectivity index (χ4v) is 3.17. The lowest BCUT2D eigenvalue weighted by Gasteiger charge is -2.15. The number of nitrogens with zero attached hydrogens (tertiary/aromatic N) is 1. The van der Waals surface area contributed by atoms with E-state index in [0.29, 0.717) is 22.6 Å². The number of aromatic carboxylic acids is 1. The SMILES string of the molecule is Cc1cccc(-c2ccc(C)c(C(=O)Nc3c(C)ccc(C(=O)O)c3C)n2)c1. The van der Waals surface area contributed by atoms with Crippen LogP contribution in [-0.2, 0) is 0 Å². The van der Waals surface area contributed by atoms with Crippen LogP contribution in [0.4, 0.5) is 5.69 Å². The summed E-state index contributed by atoms with van der Waals surface area (Å²) in [5.74, 6) is -1.38. The second-order valence-electron chi connectivity index (χ2n) is 6.92. The molecule has 142 valence electrons. The van der Waals surface area contributed by atoms with Gasteiger partial charge in [-0.3, -0.25) is 4.79 Å². The molecular formula is C23H22N2O3. The molecule has 1 aromatic heterocycles. The number of carboxylic acids is 1. The highest BCUT2D eigenvalue weighted by molar-refractivity contribution is 6.06. The van der Waals surface area contributed by atoms with E-state index in [2.05, 4.69) is 10.3 Å². The van der Waals surface area contributed by atoms with Crippen LogP contribution < -0.4 is 5.32 Å². The molecule has 0 bridgehead atoms. The Balaban J connectivity index is 1.99. The van der Waals surface area contributed by atoms with Gasteiger partial charge in [0.1, 0.15) is 5.69 Å². The van der Waals surface area contributed by atoms with E-state index >= 15 is 0 Å². The van der Waals surface area contributed by atoms with Crippen LogP contribution in [0.5, 0.6) is 0 Å². The Hall–Kier alpha value is -3.47. The summed E-state index contributed by atoms with van der Waals surface area (Å²) in [6.45, 7) is 7.36. The van der Waals surface area contributed by atoms with E-state index in [0.717, 1.165) is 22.3 Å². The number of rotatable bonds is 4. The summed E-state index contributed by atoms with van der Waals surface area (Å²) < 4.78 is 0. The van der Waals surface area contributed by atoms with E-state index in [9.17, 15) is 14.7 Å². The molecule has 2 aromatic carbocycles. The van der Waals surface area contributed by atoms with Gasteiger partial charge in [-0.15, -0.1) is 0 Å². The number of amides is 1. The molecule has 0 aliphatic heterocycles. The first kappa shape index (κ1) is 19.3. The van der Waals surface area contributed by atoms with E-state index in [1.54, 1.807) is 19.1 Å². The van der Waals surface area contributed by atoms with Gasteiger partial charge in [0.2, 0.25) is 0 Å². The highest BCUT2D eigenvalue weighted by Gasteiger charge is 2.18. The quantitative estimate of drug-likeness (QED) is 0.678. The van der Waals surface area contributed by atoms with Gasteiger partial charge < -0.3 is 10.4 Å². The van der Waals surface area contributed by atoms with Crippen molar-refractivity contribution in [2.24, 2.45) is 0 Å². The fraction of sp³-hybridized carbons (Fsp3) is 0.174. The number of hydrogen-bond donors (Lipinski definition) is 2. The molecule has 0 saturated heterocycles. The summed E-state index contributed by atoms with van der Waals surface area (Å²) in [6, 6.07) is 14.9. The van der Waals surface area contributed by atoms with Crippen molar-refractivity contribution in [2.45, 2.75) is 27.7 Å². The predicted molar refractivity (Wildman–Crippen MR) is 110 cm³/mol. The van der Waals surface area contributed by atoms with Gasteiger partial charge in [-0.05, 0) is 62.6 Å². The van der Waals surface area contributed by atoms with Crippen LogP contribution in [-0.4, -0.2) is 22.0 Å². The molecule has 0 radical (unpaired) electrons. The van der Waals surface area contributed by atoms with Crippen LogP contribution in [0.3, 0.4) is 0 Å². The molecule has 2 N–H and O–H groups in total. The number of anilines is 1. The average Bonchev–Trinajstić information content (AvgIpc) is 2.65. The first-order valence-electron chi connectivity index (χ1n) is 8.97. The summed E-state index contributed by atoms with van der Waals surface area (Å²) >= 11 is 0. The van der Waals surface area contributed by atoms with Crippen molar-refractivity contribution in [1.82, 2.24) is 4.98 Å². The minimum Gasteiger partial charge on any atom is -0.478 e. The molecule has 0 aliphatic rings. The van der Waals surface area contributed by atoms with Crippen LogP contribution in [0.1, 0.15) is 43.1 Å². The molecule has 5 nitrogen and oxygen atoms in total. The van der Waals surface area contributed by atoms with Gasteiger partial charge in [-0.1, -0.05) is 35.9 Å². The first-order chi connectivity index (χ1) is 13.3. The maximum absolute atomic E-state index is 12.9. The fourth-order valence-electron chi connectivity index (χ4n) is 3.17. The third kappa shape index (κ3) is 3.78. The second-order valence-corrected chi connectivity index (χ2v) is 6.92. The van der Waals surface area contributed by atoms with E-state index in [1.165, 1.54) is 0 Å². The molecule has 0 atom stereocenters. The summed E-state index contributed by atoms with van der Waals surface area (Å²) in [5, 5.41) is 12.2. The summed E-state index contributed by atoms with van der Waals surface area (Å²) in [6.07, 6.45) is 0. The maximum Gasteiger partial charge on any atom is 0.336 e. The Morgan fingerprint density at radius 2 is 1.64 bits per heavy atom. The Morgan fingerprint density at radius 3 is 2.32 bits per heavy atom. The van der Waals surface area contributed by atoms with Crippen molar-refractivity contribution in [3.05, 3.63) is 82.0 Å². The lowest BCUT2D eigenvalue weighted by atomic mass is 10.0. The number of hydrogen-bond acceptors (Lipinski definition) is 3. The van der Waals surface area contributed by atoms with E-state index in [1.807, 2.05) is 57.2 Å². The number of nitrogens with one attached hydrogen (secondary N) is 1. The third-order valence-electron chi connectivity index (χ3n) is 4.77. The Kier molecular flexibility index (Phi) is 5.27. The van der Waals surface area contributed by atoms with Gasteiger partial charge >= 0.3 is 5.97 Å². The maximum atomic E-state index is 12.9. The monoisotopic (exact) mass is 374 g/mol. The predicted octanol–water partition coefficient (Wildman–Crippen LogP) is 4.93. The topological polar surface area (TPSA) is 79.3 Å². The van der Waals surface area contributed by atoms with Crippen LogP contribution in [0.25, 0.3) is 11.3 Å². The van der Waals surface area contributed by atoms with Crippen molar-refractivity contribution >= 4 is 17.6 Å². The average molecular weight is 374 g/mol. The van der Waals surface area contributed by atoms with Crippen LogP contribution in [0, 0.1) is 27.7 Å². The summed E-state index contributed by atoms with van der Waals surface area (Å²) in [5.41, 5.74) is 5.82. The minimum absolute atomic E-state index is 0.166. The zero-order valence-electron chi connectivity index (χ0n) is 16.3. The molecule has 0 fully saturated rings. The van der Waals surface area contributed by atoms with Gasteiger partial charge in [0.25, 0.3) is 5.91 Å². The highest BCUT2D eigenvalue weighted by atomic mass is 16.4. The van der Waals surface area contributed by atoms with Gasteiger partial charge in [0, 0.05) is 11.3 Å². The van der Waals surface area contributed by atoms with Crippen molar-refractivity contribution in [1.29, 1.82) is 0 Å². The van der Waals surface area contributed by atoms with Crippen molar-refractivity contribution in [2.75, 3.05) is 5.32 Å². The van der Waals surface area contributed by atoms with Gasteiger partial charge in [-0.25, -0.2) is 9.78 Å². The number of carbonyl (C=O) groups is 2. The molecular weight excluding hydrogens is 352 g/mol. The lowest BCUT2D eigenvalue weighted by molar-refractivity contribution is 0.0695. The summed E-state index contributed by atoms with van der Waals surface area (Å²) in [4.78, 5) is 28.9. The third-order valence-corrected chi connectivity index (χ3v) is 4.77. The number of pyridine rings is 1. The standard InChI is InChI=1S/C23H22N2O3/c1-13-6-5-7-17(12-13)19-11-9-15(3)21(24-19)22(26)25-20-14(2)8-10-18(16(20)4)23(27)28/h5-12H,1-4H3,(H,25,26)(H,27,28). The van der Waals surface area contributed by atoms with Crippen LogP contribution in [0.2, 0.25) is 0 Å². The molecule has 0 unspecified atom stereocenters. The number of benzene rings is 2. The Labute approximate surface area is 164 Å². The largest absolute Gasteiger partial charge is 0.478 e. The Morgan fingerprint density at radius 1 is 0.929 bits per heavy atom. The number of aryl methyl sites for hydroxylation is 3. The molecule has 0 aliphatic carbocycles. The molecule has 0 spiro atoms. The van der Waals surface area contributed by atoms with Crippen LogP contribution >= 0.6 is 0 Å². The minimum atomic E-state index is -1.02. The molecule has 5 heteroatoms. The zero-order valence-corrected chi connectivity index (χ0v) is 16.3. The number of carboxylic acid groups (broad SMARTS) is 1. The van der Waals surface area contributed by atoms with E-state index in [-0.39, 0.29) is 11.5 Å². The molecule has 1 amide bonds.